The van der Waals surface area contributed by atoms with Gasteiger partial charge in [-0.2, -0.15) is 0 Å². The summed E-state index contributed by atoms with van der Waals surface area (Å²) in [6.07, 6.45) is 0. The molecular formula is C16H23ClN2O. The van der Waals surface area contributed by atoms with Crippen LogP contribution in [0.1, 0.15) is 38.1 Å². The summed E-state index contributed by atoms with van der Waals surface area (Å²) < 4.78 is 0. The number of carbonyl (C=O) groups excluding carboxylic acids is 1. The Morgan fingerprint density at radius 1 is 1.35 bits per heavy atom. The van der Waals surface area contributed by atoms with E-state index >= 15 is 0 Å². The van der Waals surface area contributed by atoms with E-state index in [1.54, 1.807) is 24.3 Å². The molecule has 0 spiro atoms. The lowest BCUT2D eigenvalue weighted by molar-refractivity contribution is 0.0353. The molecule has 1 aliphatic heterocycles. The topological polar surface area (TPSA) is 32.3 Å². The molecule has 0 radical (unpaired) electrons. The first-order valence-electron chi connectivity index (χ1n) is 7.12. The Bertz CT molecular complexity index is 482. The van der Waals surface area contributed by atoms with E-state index in [2.05, 4.69) is 33.0 Å². The zero-order chi connectivity index (χ0) is 14.9. The highest BCUT2D eigenvalue weighted by molar-refractivity contribution is 6.30. The molecule has 1 aromatic rings. The standard InChI is InChI=1S/C16H23ClN2O/c1-11(2)14-9-19(16(3,4)10-18-14)15(20)12-5-7-13(17)8-6-12/h5-8,11,14,18H,9-10H2,1-4H3. The van der Waals surface area contributed by atoms with Crippen LogP contribution in [0.4, 0.5) is 0 Å². The number of benzene rings is 1. The Labute approximate surface area is 126 Å². The summed E-state index contributed by atoms with van der Waals surface area (Å²) in [5.41, 5.74) is 0.522. The van der Waals surface area contributed by atoms with Crippen molar-refractivity contribution < 1.29 is 4.79 Å². The number of nitrogens with one attached hydrogen (secondary N) is 1. The minimum atomic E-state index is -0.178. The average Bonchev–Trinajstić information content (AvgIpc) is 2.38. The molecular weight excluding hydrogens is 272 g/mol. The molecule has 4 heteroatoms. The number of halogens is 1. The molecule has 0 saturated carbocycles. The zero-order valence-corrected chi connectivity index (χ0v) is 13.4. The van der Waals surface area contributed by atoms with Crippen molar-refractivity contribution >= 4 is 17.5 Å². The fourth-order valence-electron chi connectivity index (χ4n) is 2.54. The van der Waals surface area contributed by atoms with Gasteiger partial charge in [0.05, 0.1) is 5.54 Å². The summed E-state index contributed by atoms with van der Waals surface area (Å²) in [6, 6.07) is 7.48. The minimum absolute atomic E-state index is 0.0822. The third-order valence-electron chi connectivity index (χ3n) is 4.05. The van der Waals surface area contributed by atoms with E-state index < -0.39 is 0 Å². The van der Waals surface area contributed by atoms with Crippen LogP contribution >= 0.6 is 11.6 Å². The predicted octanol–water partition coefficient (Wildman–Crippen LogP) is 3.19. The monoisotopic (exact) mass is 294 g/mol. The van der Waals surface area contributed by atoms with Crippen molar-refractivity contribution in [1.29, 1.82) is 0 Å². The molecule has 1 atom stereocenters. The highest BCUT2D eigenvalue weighted by Crippen LogP contribution is 2.24. The van der Waals surface area contributed by atoms with Gasteiger partial charge in [0, 0.05) is 29.7 Å². The molecule has 1 heterocycles. The first kappa shape index (κ1) is 15.3. The van der Waals surface area contributed by atoms with Crippen molar-refractivity contribution in [2.75, 3.05) is 13.1 Å². The summed E-state index contributed by atoms with van der Waals surface area (Å²) >= 11 is 5.89. The SMILES string of the molecule is CC(C)C1CN(C(=O)c2ccc(Cl)cc2)C(C)(C)CN1. The lowest BCUT2D eigenvalue weighted by atomic mass is 9.92. The van der Waals surface area contributed by atoms with Crippen molar-refractivity contribution in [3.05, 3.63) is 34.9 Å². The van der Waals surface area contributed by atoms with Gasteiger partial charge in [0.2, 0.25) is 0 Å². The largest absolute Gasteiger partial charge is 0.331 e. The van der Waals surface area contributed by atoms with Gasteiger partial charge in [-0.15, -0.1) is 0 Å². The Kier molecular flexibility index (Phi) is 4.40. The van der Waals surface area contributed by atoms with Crippen LogP contribution in [0.5, 0.6) is 0 Å². The van der Waals surface area contributed by atoms with Crippen LogP contribution < -0.4 is 5.32 Å². The van der Waals surface area contributed by atoms with Crippen LogP contribution in [0.2, 0.25) is 5.02 Å². The molecule has 2 rings (SSSR count). The van der Waals surface area contributed by atoms with Crippen LogP contribution in [-0.2, 0) is 0 Å². The molecule has 1 unspecified atom stereocenters. The molecule has 110 valence electrons. The Balaban J connectivity index is 2.23. The van der Waals surface area contributed by atoms with Crippen molar-refractivity contribution in [2.45, 2.75) is 39.3 Å². The molecule has 1 saturated heterocycles. The molecule has 0 aliphatic carbocycles. The summed E-state index contributed by atoms with van der Waals surface area (Å²) in [6.45, 7) is 10.1. The number of hydrogen-bond donors (Lipinski definition) is 1. The van der Waals surface area contributed by atoms with Gasteiger partial charge in [0.25, 0.3) is 5.91 Å². The summed E-state index contributed by atoms with van der Waals surface area (Å²) in [7, 11) is 0. The third kappa shape index (κ3) is 3.15. The maximum atomic E-state index is 12.7. The van der Waals surface area contributed by atoms with Gasteiger partial charge in [0.15, 0.2) is 0 Å². The first-order chi connectivity index (χ1) is 9.31. The van der Waals surface area contributed by atoms with Gasteiger partial charge in [-0.25, -0.2) is 0 Å². The van der Waals surface area contributed by atoms with Crippen LogP contribution in [0.15, 0.2) is 24.3 Å². The molecule has 1 N–H and O–H groups in total. The van der Waals surface area contributed by atoms with E-state index in [-0.39, 0.29) is 11.4 Å². The Morgan fingerprint density at radius 2 is 1.95 bits per heavy atom. The molecule has 1 aliphatic rings. The van der Waals surface area contributed by atoms with E-state index in [9.17, 15) is 4.79 Å². The molecule has 0 bridgehead atoms. The van der Waals surface area contributed by atoms with Crippen LogP contribution in [-0.4, -0.2) is 35.5 Å². The second-order valence-electron chi connectivity index (χ2n) is 6.47. The quantitative estimate of drug-likeness (QED) is 0.908. The van der Waals surface area contributed by atoms with E-state index in [1.165, 1.54) is 0 Å². The summed E-state index contributed by atoms with van der Waals surface area (Å²) in [5.74, 6) is 0.588. The third-order valence-corrected chi connectivity index (χ3v) is 4.30. The number of carbonyl (C=O) groups is 1. The second kappa shape index (κ2) is 5.74. The molecule has 1 fully saturated rings. The fraction of sp³-hybridized carbons (Fsp3) is 0.562. The number of piperazine rings is 1. The van der Waals surface area contributed by atoms with Gasteiger partial charge >= 0.3 is 0 Å². The van der Waals surface area contributed by atoms with Crippen molar-refractivity contribution in [2.24, 2.45) is 5.92 Å². The lowest BCUT2D eigenvalue weighted by Gasteiger charge is -2.47. The molecule has 20 heavy (non-hydrogen) atoms. The van der Waals surface area contributed by atoms with Crippen molar-refractivity contribution in [3.63, 3.8) is 0 Å². The molecule has 3 nitrogen and oxygen atoms in total. The summed E-state index contributed by atoms with van der Waals surface area (Å²) in [4.78, 5) is 14.7. The van der Waals surface area contributed by atoms with Gasteiger partial charge in [-0.1, -0.05) is 25.4 Å². The van der Waals surface area contributed by atoms with Crippen molar-refractivity contribution in [3.8, 4) is 0 Å². The maximum absolute atomic E-state index is 12.7. The van der Waals surface area contributed by atoms with Crippen LogP contribution in [0.25, 0.3) is 0 Å². The van der Waals surface area contributed by atoms with Crippen molar-refractivity contribution in [1.82, 2.24) is 10.2 Å². The lowest BCUT2D eigenvalue weighted by Crippen LogP contribution is -2.64. The normalized spacial score (nSPS) is 22.1. The zero-order valence-electron chi connectivity index (χ0n) is 12.6. The minimum Gasteiger partial charge on any atom is -0.331 e. The van der Waals surface area contributed by atoms with Gasteiger partial charge in [-0.05, 0) is 44.0 Å². The number of amides is 1. The summed E-state index contributed by atoms with van der Waals surface area (Å²) in [5, 5.41) is 4.19. The van der Waals surface area contributed by atoms with Crippen LogP contribution in [0.3, 0.4) is 0 Å². The Morgan fingerprint density at radius 3 is 2.50 bits per heavy atom. The van der Waals surface area contributed by atoms with E-state index in [4.69, 9.17) is 11.6 Å². The molecule has 1 aromatic carbocycles. The number of hydrogen-bond acceptors (Lipinski definition) is 2. The maximum Gasteiger partial charge on any atom is 0.254 e. The van der Waals surface area contributed by atoms with E-state index in [0.717, 1.165) is 13.1 Å². The fourth-order valence-corrected chi connectivity index (χ4v) is 2.66. The van der Waals surface area contributed by atoms with Gasteiger partial charge in [0.1, 0.15) is 0 Å². The first-order valence-corrected chi connectivity index (χ1v) is 7.50. The molecule has 0 aromatic heterocycles. The number of rotatable bonds is 2. The van der Waals surface area contributed by atoms with Gasteiger partial charge < -0.3 is 10.2 Å². The smallest absolute Gasteiger partial charge is 0.254 e. The van der Waals surface area contributed by atoms with E-state index in [0.29, 0.717) is 22.5 Å². The number of nitrogens with zero attached hydrogens (tertiary/aromatic N) is 1. The molecule has 1 amide bonds. The van der Waals surface area contributed by atoms with Crippen LogP contribution in [0, 0.1) is 5.92 Å². The average molecular weight is 295 g/mol. The highest BCUT2D eigenvalue weighted by Gasteiger charge is 2.38. The second-order valence-corrected chi connectivity index (χ2v) is 6.90. The predicted molar refractivity (Wildman–Crippen MR) is 83.2 cm³/mol. The van der Waals surface area contributed by atoms with E-state index in [1.807, 2.05) is 4.90 Å². The Hall–Kier alpha value is -1.06. The highest BCUT2D eigenvalue weighted by atomic mass is 35.5. The van der Waals surface area contributed by atoms with Gasteiger partial charge in [-0.3, -0.25) is 4.79 Å².